The molecular formula is C15H15N5O. The van der Waals surface area contributed by atoms with E-state index in [0.717, 1.165) is 16.8 Å². The molecule has 6 nitrogen and oxygen atoms in total. The van der Waals surface area contributed by atoms with Crippen LogP contribution in [0.3, 0.4) is 0 Å². The molecule has 3 aromatic rings. The van der Waals surface area contributed by atoms with Crippen molar-refractivity contribution in [2.45, 2.75) is 6.92 Å². The zero-order chi connectivity index (χ0) is 14.8. The molecule has 0 spiro atoms. The normalized spacial score (nSPS) is 10.6. The molecular weight excluding hydrogens is 266 g/mol. The second kappa shape index (κ2) is 5.24. The van der Waals surface area contributed by atoms with Crippen molar-refractivity contribution in [3.05, 3.63) is 48.4 Å². The van der Waals surface area contributed by atoms with Gasteiger partial charge in [-0.2, -0.15) is 10.1 Å². The van der Waals surface area contributed by atoms with Gasteiger partial charge in [-0.25, -0.2) is 9.67 Å². The summed E-state index contributed by atoms with van der Waals surface area (Å²) in [7, 11) is 1.58. The third-order valence-electron chi connectivity index (χ3n) is 3.04. The Kier molecular flexibility index (Phi) is 3.27. The summed E-state index contributed by atoms with van der Waals surface area (Å²) in [6.45, 7) is 1.88. The lowest BCUT2D eigenvalue weighted by Gasteiger charge is -2.04. The van der Waals surface area contributed by atoms with Crippen molar-refractivity contribution in [2.75, 3.05) is 12.8 Å². The van der Waals surface area contributed by atoms with E-state index in [4.69, 9.17) is 10.5 Å². The molecule has 2 N–H and O–H groups in total. The van der Waals surface area contributed by atoms with Gasteiger partial charge in [-0.05, 0) is 24.6 Å². The van der Waals surface area contributed by atoms with E-state index < -0.39 is 0 Å². The first-order chi connectivity index (χ1) is 10.2. The van der Waals surface area contributed by atoms with Crippen molar-refractivity contribution in [3.63, 3.8) is 0 Å². The zero-order valence-electron chi connectivity index (χ0n) is 11.8. The summed E-state index contributed by atoms with van der Waals surface area (Å²) in [6, 6.07) is 9.41. The zero-order valence-corrected chi connectivity index (χ0v) is 11.8. The Balaban J connectivity index is 2.00. The lowest BCUT2D eigenvalue weighted by molar-refractivity contribution is 0.395. The smallest absolute Gasteiger partial charge is 0.254 e. The Hall–Kier alpha value is -2.89. The molecule has 0 fully saturated rings. The molecule has 3 rings (SSSR count). The van der Waals surface area contributed by atoms with E-state index in [9.17, 15) is 0 Å². The third-order valence-corrected chi connectivity index (χ3v) is 3.04. The predicted molar refractivity (Wildman–Crippen MR) is 80.3 cm³/mol. The molecule has 0 atom stereocenters. The maximum absolute atomic E-state index is 5.80. The van der Waals surface area contributed by atoms with Gasteiger partial charge in [0.05, 0.1) is 13.3 Å². The molecule has 0 amide bonds. The van der Waals surface area contributed by atoms with Crippen molar-refractivity contribution in [2.24, 2.45) is 0 Å². The number of aryl methyl sites for hydroxylation is 1. The van der Waals surface area contributed by atoms with Crippen molar-refractivity contribution in [1.82, 2.24) is 19.7 Å². The number of hydrogen-bond donors (Lipinski definition) is 1. The fourth-order valence-corrected chi connectivity index (χ4v) is 2.03. The van der Waals surface area contributed by atoms with Gasteiger partial charge in [0.1, 0.15) is 0 Å². The molecule has 0 aliphatic heterocycles. The topological polar surface area (TPSA) is 78.9 Å². The van der Waals surface area contributed by atoms with Crippen molar-refractivity contribution in [1.29, 1.82) is 0 Å². The van der Waals surface area contributed by atoms with Crippen LogP contribution in [0.1, 0.15) is 5.69 Å². The Morgan fingerprint density at radius 1 is 1.14 bits per heavy atom. The number of rotatable bonds is 3. The van der Waals surface area contributed by atoms with Crippen molar-refractivity contribution < 1.29 is 4.74 Å². The first-order valence-corrected chi connectivity index (χ1v) is 6.46. The van der Waals surface area contributed by atoms with Gasteiger partial charge in [0, 0.05) is 29.2 Å². The second-order valence-corrected chi connectivity index (χ2v) is 4.65. The molecule has 0 aliphatic carbocycles. The summed E-state index contributed by atoms with van der Waals surface area (Å²) >= 11 is 0. The number of hydrogen-bond acceptors (Lipinski definition) is 5. The largest absolute Gasteiger partial charge is 0.481 e. The second-order valence-electron chi connectivity index (χ2n) is 4.65. The first kappa shape index (κ1) is 13.1. The average Bonchev–Trinajstić information content (AvgIpc) is 2.96. The standard InChI is InChI=1S/C15H15N5O/c1-10-6-14(21-2)19-15(18-10)20-9-12(8-17-20)11-4-3-5-13(16)7-11/h3-9H,16H2,1-2H3. The van der Waals surface area contributed by atoms with Crippen LogP contribution in [0.4, 0.5) is 5.69 Å². The molecule has 2 aromatic heterocycles. The summed E-state index contributed by atoms with van der Waals surface area (Å²) in [5.74, 6) is 0.987. The minimum atomic E-state index is 0.474. The fraction of sp³-hybridized carbons (Fsp3) is 0.133. The third kappa shape index (κ3) is 2.69. The number of aromatic nitrogens is 4. The molecule has 2 heterocycles. The molecule has 0 unspecified atom stereocenters. The van der Waals surface area contributed by atoms with Crippen LogP contribution in [0.25, 0.3) is 17.1 Å². The molecule has 0 saturated heterocycles. The molecule has 0 radical (unpaired) electrons. The number of ether oxygens (including phenoxy) is 1. The Morgan fingerprint density at radius 3 is 2.76 bits per heavy atom. The SMILES string of the molecule is COc1cc(C)nc(-n2cc(-c3cccc(N)c3)cn2)n1. The fourth-order valence-electron chi connectivity index (χ4n) is 2.03. The molecule has 21 heavy (non-hydrogen) atoms. The highest BCUT2D eigenvalue weighted by Crippen LogP contribution is 2.21. The number of benzene rings is 1. The molecule has 106 valence electrons. The van der Waals surface area contributed by atoms with E-state index in [1.165, 1.54) is 0 Å². The highest BCUT2D eigenvalue weighted by atomic mass is 16.5. The maximum Gasteiger partial charge on any atom is 0.254 e. The Bertz CT molecular complexity index is 781. The minimum Gasteiger partial charge on any atom is -0.481 e. The summed E-state index contributed by atoms with van der Waals surface area (Å²) in [4.78, 5) is 8.65. The lowest BCUT2D eigenvalue weighted by Crippen LogP contribution is -2.04. The van der Waals surface area contributed by atoms with E-state index in [0.29, 0.717) is 17.5 Å². The molecule has 1 aromatic carbocycles. The summed E-state index contributed by atoms with van der Waals surface area (Å²) in [5, 5.41) is 4.30. The lowest BCUT2D eigenvalue weighted by atomic mass is 10.1. The van der Waals surface area contributed by atoms with Crippen LogP contribution in [0.5, 0.6) is 5.88 Å². The van der Waals surface area contributed by atoms with Crippen LogP contribution in [0.15, 0.2) is 42.7 Å². The van der Waals surface area contributed by atoms with E-state index >= 15 is 0 Å². The first-order valence-electron chi connectivity index (χ1n) is 6.46. The quantitative estimate of drug-likeness (QED) is 0.745. The van der Waals surface area contributed by atoms with Gasteiger partial charge < -0.3 is 10.5 Å². The number of methoxy groups -OCH3 is 1. The van der Waals surface area contributed by atoms with Gasteiger partial charge in [-0.1, -0.05) is 12.1 Å². The van der Waals surface area contributed by atoms with Gasteiger partial charge in [0.25, 0.3) is 5.95 Å². The molecule has 0 saturated carbocycles. The van der Waals surface area contributed by atoms with Gasteiger partial charge in [0.2, 0.25) is 5.88 Å². The van der Waals surface area contributed by atoms with E-state index in [2.05, 4.69) is 15.1 Å². The number of anilines is 1. The van der Waals surface area contributed by atoms with Crippen LogP contribution in [0, 0.1) is 6.92 Å². The summed E-state index contributed by atoms with van der Waals surface area (Å²) in [6.07, 6.45) is 3.62. The number of nitrogen functional groups attached to an aromatic ring is 1. The summed E-state index contributed by atoms with van der Waals surface area (Å²) in [5.41, 5.74) is 9.29. The highest BCUT2D eigenvalue weighted by Gasteiger charge is 2.08. The monoisotopic (exact) mass is 281 g/mol. The minimum absolute atomic E-state index is 0.474. The van der Waals surface area contributed by atoms with E-state index in [1.54, 1.807) is 24.1 Å². The van der Waals surface area contributed by atoms with Crippen molar-refractivity contribution >= 4 is 5.69 Å². The van der Waals surface area contributed by atoms with Gasteiger partial charge in [-0.15, -0.1) is 0 Å². The Labute approximate surface area is 122 Å². The van der Waals surface area contributed by atoms with Gasteiger partial charge in [-0.3, -0.25) is 0 Å². The van der Waals surface area contributed by atoms with Crippen LogP contribution in [0.2, 0.25) is 0 Å². The number of nitrogens with two attached hydrogens (primary N) is 1. The maximum atomic E-state index is 5.80. The van der Waals surface area contributed by atoms with Crippen molar-refractivity contribution in [3.8, 4) is 23.0 Å². The van der Waals surface area contributed by atoms with Gasteiger partial charge in [0.15, 0.2) is 0 Å². The summed E-state index contributed by atoms with van der Waals surface area (Å²) < 4.78 is 6.77. The molecule has 0 bridgehead atoms. The van der Waals surface area contributed by atoms with Crippen LogP contribution < -0.4 is 10.5 Å². The Morgan fingerprint density at radius 2 is 2.00 bits per heavy atom. The van der Waals surface area contributed by atoms with Crippen LogP contribution in [-0.4, -0.2) is 26.9 Å². The average molecular weight is 281 g/mol. The molecule has 6 heteroatoms. The number of nitrogens with zero attached hydrogens (tertiary/aromatic N) is 4. The van der Waals surface area contributed by atoms with E-state index in [-0.39, 0.29) is 0 Å². The highest BCUT2D eigenvalue weighted by molar-refractivity contribution is 5.66. The van der Waals surface area contributed by atoms with Crippen LogP contribution >= 0.6 is 0 Å². The van der Waals surface area contributed by atoms with Crippen LogP contribution in [-0.2, 0) is 0 Å². The van der Waals surface area contributed by atoms with Gasteiger partial charge >= 0.3 is 0 Å². The van der Waals surface area contributed by atoms with E-state index in [1.807, 2.05) is 37.4 Å². The molecule has 0 aliphatic rings. The predicted octanol–water partition coefficient (Wildman–Crippen LogP) is 2.23.